The lowest BCUT2D eigenvalue weighted by Crippen LogP contribution is -2.13. The molecule has 0 aliphatic carbocycles. The highest BCUT2D eigenvalue weighted by atomic mass is 31.2. The SMILES string of the molecule is C[C@@H]1OP(C)O[C@H]1C. The second-order valence-electron chi connectivity index (χ2n) is 2.06. The maximum Gasteiger partial charge on any atom is 0.167 e. The fraction of sp³-hybridized carbons (Fsp3) is 1.00. The molecule has 0 saturated carbocycles. The Kier molecular flexibility index (Phi) is 1.86. The van der Waals surface area contributed by atoms with Gasteiger partial charge in [0.05, 0.1) is 12.2 Å². The summed E-state index contributed by atoms with van der Waals surface area (Å²) in [6.07, 6.45) is 0.595. The van der Waals surface area contributed by atoms with Gasteiger partial charge in [0, 0.05) is 6.66 Å². The van der Waals surface area contributed by atoms with E-state index in [2.05, 4.69) is 0 Å². The normalized spacial score (nSPS) is 40.9. The monoisotopic (exact) mass is 134 g/mol. The molecule has 48 valence electrons. The maximum absolute atomic E-state index is 5.32. The van der Waals surface area contributed by atoms with Gasteiger partial charge in [-0.15, -0.1) is 0 Å². The van der Waals surface area contributed by atoms with Crippen LogP contribution in [0.2, 0.25) is 0 Å². The fourth-order valence-electron chi connectivity index (χ4n) is 0.665. The first kappa shape index (κ1) is 6.47. The van der Waals surface area contributed by atoms with Crippen molar-refractivity contribution in [3.63, 3.8) is 0 Å². The molecule has 2 nitrogen and oxygen atoms in total. The van der Waals surface area contributed by atoms with Crippen molar-refractivity contribution in [3.05, 3.63) is 0 Å². The molecule has 1 aliphatic rings. The fourth-order valence-corrected chi connectivity index (χ4v) is 1.99. The van der Waals surface area contributed by atoms with Gasteiger partial charge < -0.3 is 9.05 Å². The Balaban J connectivity index is 2.39. The van der Waals surface area contributed by atoms with Crippen LogP contribution < -0.4 is 0 Å². The van der Waals surface area contributed by atoms with E-state index in [0.29, 0.717) is 12.2 Å². The highest BCUT2D eigenvalue weighted by Gasteiger charge is 2.26. The zero-order chi connectivity index (χ0) is 6.15. The molecule has 1 saturated heterocycles. The summed E-state index contributed by atoms with van der Waals surface area (Å²) in [5.41, 5.74) is 0. The Labute approximate surface area is 51.1 Å². The van der Waals surface area contributed by atoms with Crippen LogP contribution in [0.25, 0.3) is 0 Å². The Morgan fingerprint density at radius 2 is 1.50 bits per heavy atom. The Bertz CT molecular complexity index is 76.5. The van der Waals surface area contributed by atoms with Crippen LogP contribution in [-0.4, -0.2) is 18.9 Å². The molecule has 1 aliphatic heterocycles. The first-order valence-corrected chi connectivity index (χ1v) is 4.40. The van der Waals surface area contributed by atoms with E-state index >= 15 is 0 Å². The predicted octanol–water partition coefficient (Wildman–Crippen LogP) is 1.75. The van der Waals surface area contributed by atoms with E-state index in [9.17, 15) is 0 Å². The standard InChI is InChI=1S/C5H11O2P/c1-4-5(2)7-8(3)6-4/h4-5H,1-3H3/t4-,5-/m0/s1. The van der Waals surface area contributed by atoms with Gasteiger partial charge in [-0.05, 0) is 13.8 Å². The van der Waals surface area contributed by atoms with Gasteiger partial charge >= 0.3 is 0 Å². The van der Waals surface area contributed by atoms with Crippen LogP contribution in [0.15, 0.2) is 0 Å². The van der Waals surface area contributed by atoms with Gasteiger partial charge in [-0.1, -0.05) is 0 Å². The predicted molar refractivity (Wildman–Crippen MR) is 33.9 cm³/mol. The van der Waals surface area contributed by atoms with Crippen LogP contribution in [0.1, 0.15) is 13.8 Å². The number of hydrogen-bond donors (Lipinski definition) is 0. The summed E-state index contributed by atoms with van der Waals surface area (Å²) >= 11 is 0. The molecule has 1 fully saturated rings. The Hall–Kier alpha value is 0.350. The van der Waals surface area contributed by atoms with E-state index in [1.165, 1.54) is 0 Å². The third-order valence-electron chi connectivity index (χ3n) is 1.29. The summed E-state index contributed by atoms with van der Waals surface area (Å²) in [5, 5.41) is 0. The molecule has 0 bridgehead atoms. The van der Waals surface area contributed by atoms with Crippen molar-refractivity contribution in [1.29, 1.82) is 0 Å². The molecule has 2 atom stereocenters. The van der Waals surface area contributed by atoms with Crippen LogP contribution in [0.3, 0.4) is 0 Å². The number of hydrogen-bond acceptors (Lipinski definition) is 2. The second kappa shape index (κ2) is 2.30. The minimum atomic E-state index is -0.544. The summed E-state index contributed by atoms with van der Waals surface area (Å²) in [6.45, 7) is 6.06. The molecular weight excluding hydrogens is 123 g/mol. The smallest absolute Gasteiger partial charge is 0.167 e. The molecule has 0 aromatic carbocycles. The van der Waals surface area contributed by atoms with Crippen LogP contribution in [0.4, 0.5) is 0 Å². The minimum Gasteiger partial charge on any atom is -0.328 e. The molecule has 3 heteroatoms. The van der Waals surface area contributed by atoms with Gasteiger partial charge in [-0.25, -0.2) is 0 Å². The van der Waals surface area contributed by atoms with E-state index in [0.717, 1.165) is 0 Å². The summed E-state index contributed by atoms with van der Waals surface area (Å²) < 4.78 is 10.6. The topological polar surface area (TPSA) is 18.5 Å². The molecule has 0 unspecified atom stereocenters. The first-order valence-electron chi connectivity index (χ1n) is 2.77. The second-order valence-corrected chi connectivity index (χ2v) is 3.36. The molecule has 0 N–H and O–H groups in total. The third-order valence-corrected chi connectivity index (χ3v) is 2.55. The highest BCUT2D eigenvalue weighted by Crippen LogP contribution is 2.44. The van der Waals surface area contributed by atoms with E-state index in [1.807, 2.05) is 20.5 Å². The lowest BCUT2D eigenvalue weighted by atomic mass is 10.3. The van der Waals surface area contributed by atoms with E-state index in [4.69, 9.17) is 9.05 Å². The zero-order valence-corrected chi connectivity index (χ0v) is 6.31. The lowest BCUT2D eigenvalue weighted by molar-refractivity contribution is 0.187. The van der Waals surface area contributed by atoms with E-state index in [1.54, 1.807) is 0 Å². The molecule has 0 radical (unpaired) electrons. The first-order chi connectivity index (χ1) is 3.70. The lowest BCUT2D eigenvalue weighted by Gasteiger charge is -2.01. The highest BCUT2D eigenvalue weighted by molar-refractivity contribution is 7.46. The van der Waals surface area contributed by atoms with Crippen molar-refractivity contribution >= 4 is 8.38 Å². The van der Waals surface area contributed by atoms with Gasteiger partial charge in [0.15, 0.2) is 8.38 Å². The Morgan fingerprint density at radius 1 is 1.12 bits per heavy atom. The van der Waals surface area contributed by atoms with Crippen molar-refractivity contribution in [2.24, 2.45) is 0 Å². The van der Waals surface area contributed by atoms with Crippen molar-refractivity contribution in [2.75, 3.05) is 6.66 Å². The molecular formula is C5H11O2P. The van der Waals surface area contributed by atoms with Crippen LogP contribution in [0, 0.1) is 0 Å². The summed E-state index contributed by atoms with van der Waals surface area (Å²) in [4.78, 5) is 0. The molecule has 1 heterocycles. The zero-order valence-electron chi connectivity index (χ0n) is 5.42. The largest absolute Gasteiger partial charge is 0.328 e. The van der Waals surface area contributed by atoms with Gasteiger partial charge in [0.2, 0.25) is 0 Å². The molecule has 8 heavy (non-hydrogen) atoms. The minimum absolute atomic E-state index is 0.297. The van der Waals surface area contributed by atoms with E-state index in [-0.39, 0.29) is 0 Å². The molecule has 0 aromatic heterocycles. The maximum atomic E-state index is 5.32. The van der Waals surface area contributed by atoms with Crippen LogP contribution in [-0.2, 0) is 9.05 Å². The summed E-state index contributed by atoms with van der Waals surface area (Å²) in [7, 11) is -0.544. The quantitative estimate of drug-likeness (QED) is 0.470. The molecule has 0 aromatic rings. The molecule has 0 amide bonds. The van der Waals surface area contributed by atoms with E-state index < -0.39 is 8.38 Å². The number of rotatable bonds is 0. The summed E-state index contributed by atoms with van der Waals surface area (Å²) in [6, 6.07) is 0. The van der Waals surface area contributed by atoms with Gasteiger partial charge in [-0.3, -0.25) is 0 Å². The molecule has 0 spiro atoms. The van der Waals surface area contributed by atoms with Gasteiger partial charge in [0.25, 0.3) is 0 Å². The van der Waals surface area contributed by atoms with Crippen molar-refractivity contribution in [1.82, 2.24) is 0 Å². The molecule has 1 rings (SSSR count). The van der Waals surface area contributed by atoms with Crippen molar-refractivity contribution in [3.8, 4) is 0 Å². The van der Waals surface area contributed by atoms with Gasteiger partial charge in [-0.2, -0.15) is 0 Å². The van der Waals surface area contributed by atoms with Gasteiger partial charge in [0.1, 0.15) is 0 Å². The van der Waals surface area contributed by atoms with Crippen LogP contribution >= 0.6 is 8.38 Å². The van der Waals surface area contributed by atoms with Crippen molar-refractivity contribution < 1.29 is 9.05 Å². The van der Waals surface area contributed by atoms with Crippen LogP contribution in [0.5, 0.6) is 0 Å². The van der Waals surface area contributed by atoms with Crippen molar-refractivity contribution in [2.45, 2.75) is 26.1 Å². The average Bonchev–Trinajstić information content (AvgIpc) is 1.85. The third kappa shape index (κ3) is 1.19. The average molecular weight is 134 g/mol. The summed E-state index contributed by atoms with van der Waals surface area (Å²) in [5.74, 6) is 0. The Morgan fingerprint density at radius 3 is 1.62 bits per heavy atom.